The monoisotopic (exact) mass is 260 g/mol. The van der Waals surface area contributed by atoms with E-state index < -0.39 is 10.0 Å². The van der Waals surface area contributed by atoms with Gasteiger partial charge >= 0.3 is 0 Å². The second-order valence-corrected chi connectivity index (χ2v) is 5.79. The summed E-state index contributed by atoms with van der Waals surface area (Å²) in [5.41, 5.74) is 0. The van der Waals surface area contributed by atoms with E-state index in [1.807, 2.05) is 7.05 Å². The molecule has 1 atom stereocenters. The Balaban J connectivity index is 2.12. The van der Waals surface area contributed by atoms with Crippen LogP contribution < -0.4 is 5.32 Å². The lowest BCUT2D eigenvalue weighted by atomic mass is 10.3. The summed E-state index contributed by atoms with van der Waals surface area (Å²) in [6.45, 7) is 1.81. The number of H-pyrrole nitrogens is 1. The van der Waals surface area contributed by atoms with Crippen molar-refractivity contribution in [2.24, 2.45) is 0 Å². The summed E-state index contributed by atoms with van der Waals surface area (Å²) in [6.07, 6.45) is 2.60. The van der Waals surface area contributed by atoms with Crippen molar-refractivity contribution in [3.8, 4) is 0 Å². The van der Waals surface area contributed by atoms with Crippen LogP contribution in [0.15, 0.2) is 17.3 Å². The summed E-state index contributed by atoms with van der Waals surface area (Å²) in [5.74, 6) is 0. The van der Waals surface area contributed by atoms with Gasteiger partial charge in [0, 0.05) is 25.8 Å². The number of aromatic nitrogens is 2. The van der Waals surface area contributed by atoms with Gasteiger partial charge in [0.1, 0.15) is 4.90 Å². The molecule has 7 nitrogen and oxygen atoms in total. The molecule has 1 fully saturated rings. The number of nitrogens with one attached hydrogen (secondary N) is 2. The zero-order valence-electron chi connectivity index (χ0n) is 9.59. The van der Waals surface area contributed by atoms with Crippen molar-refractivity contribution >= 4 is 10.0 Å². The van der Waals surface area contributed by atoms with E-state index in [9.17, 15) is 8.42 Å². The van der Waals surface area contributed by atoms with Crippen LogP contribution in [0.5, 0.6) is 0 Å². The minimum Gasteiger partial charge on any atom is -0.374 e. The van der Waals surface area contributed by atoms with Gasteiger partial charge in [0.2, 0.25) is 10.0 Å². The lowest BCUT2D eigenvalue weighted by Crippen LogP contribution is -2.48. The van der Waals surface area contributed by atoms with Gasteiger partial charge in [-0.05, 0) is 7.05 Å². The fraction of sp³-hybridized carbons (Fsp3) is 0.667. The first-order chi connectivity index (χ1) is 8.14. The van der Waals surface area contributed by atoms with E-state index in [2.05, 4.69) is 15.5 Å². The van der Waals surface area contributed by atoms with Crippen molar-refractivity contribution in [1.29, 1.82) is 0 Å². The van der Waals surface area contributed by atoms with Crippen molar-refractivity contribution < 1.29 is 13.2 Å². The Morgan fingerprint density at radius 3 is 3.18 bits per heavy atom. The molecule has 8 heteroatoms. The molecule has 1 aliphatic heterocycles. The Morgan fingerprint density at radius 1 is 1.71 bits per heavy atom. The number of morpholine rings is 1. The maximum atomic E-state index is 12.2. The van der Waals surface area contributed by atoms with Crippen molar-refractivity contribution in [3.63, 3.8) is 0 Å². The predicted molar refractivity (Wildman–Crippen MR) is 61.0 cm³/mol. The minimum atomic E-state index is -3.44. The second-order valence-electron chi connectivity index (χ2n) is 3.85. The van der Waals surface area contributed by atoms with E-state index in [0.717, 1.165) is 0 Å². The zero-order chi connectivity index (χ0) is 12.3. The average Bonchev–Trinajstić information content (AvgIpc) is 2.84. The molecule has 0 saturated carbocycles. The minimum absolute atomic E-state index is 0.101. The first-order valence-corrected chi connectivity index (χ1v) is 6.83. The third-order valence-electron chi connectivity index (χ3n) is 2.64. The number of rotatable bonds is 4. The van der Waals surface area contributed by atoms with Gasteiger partial charge in [-0.2, -0.15) is 9.40 Å². The number of aromatic amines is 1. The molecule has 17 heavy (non-hydrogen) atoms. The van der Waals surface area contributed by atoms with Crippen LogP contribution in [0.1, 0.15) is 0 Å². The van der Waals surface area contributed by atoms with E-state index in [-0.39, 0.29) is 11.0 Å². The molecule has 0 bridgehead atoms. The lowest BCUT2D eigenvalue weighted by Gasteiger charge is -2.31. The van der Waals surface area contributed by atoms with Gasteiger partial charge in [-0.3, -0.25) is 5.10 Å². The molecule has 1 unspecified atom stereocenters. The number of hydrogen-bond acceptors (Lipinski definition) is 5. The molecular formula is C9H16N4O3S. The molecule has 0 spiro atoms. The summed E-state index contributed by atoms with van der Waals surface area (Å²) in [6, 6.07) is 0. The lowest BCUT2D eigenvalue weighted by molar-refractivity contribution is 0.000824. The molecule has 1 aromatic heterocycles. The largest absolute Gasteiger partial charge is 0.374 e. The molecule has 96 valence electrons. The summed E-state index contributed by atoms with van der Waals surface area (Å²) in [7, 11) is -1.63. The quantitative estimate of drug-likeness (QED) is 0.726. The SMILES string of the molecule is CNCC1CN(S(=O)(=O)c2cn[nH]c2)CCO1. The topological polar surface area (TPSA) is 87.3 Å². The van der Waals surface area contributed by atoms with Gasteiger partial charge < -0.3 is 10.1 Å². The normalized spacial score (nSPS) is 22.8. The van der Waals surface area contributed by atoms with Crippen LogP contribution in [-0.2, 0) is 14.8 Å². The van der Waals surface area contributed by atoms with E-state index >= 15 is 0 Å². The van der Waals surface area contributed by atoms with Crippen molar-refractivity contribution in [1.82, 2.24) is 19.8 Å². The van der Waals surface area contributed by atoms with Gasteiger partial charge in [0.05, 0.1) is 18.9 Å². The van der Waals surface area contributed by atoms with Crippen molar-refractivity contribution in [2.75, 3.05) is 33.3 Å². The Labute approximate surface area is 100 Å². The fourth-order valence-electron chi connectivity index (χ4n) is 1.79. The Hall–Kier alpha value is -0.960. The van der Waals surface area contributed by atoms with E-state index in [4.69, 9.17) is 4.74 Å². The first-order valence-electron chi connectivity index (χ1n) is 5.39. The highest BCUT2D eigenvalue weighted by atomic mass is 32.2. The van der Waals surface area contributed by atoms with Gasteiger partial charge in [-0.1, -0.05) is 0 Å². The average molecular weight is 260 g/mol. The molecule has 0 aliphatic carbocycles. The first kappa shape index (κ1) is 12.5. The number of likely N-dealkylation sites (N-methyl/N-ethyl adjacent to an activating group) is 1. The summed E-state index contributed by atoms with van der Waals surface area (Å²) >= 11 is 0. The van der Waals surface area contributed by atoms with Crippen LogP contribution in [0.4, 0.5) is 0 Å². The number of ether oxygens (including phenoxy) is 1. The molecule has 1 aliphatic rings. The summed E-state index contributed by atoms with van der Waals surface area (Å²) in [5, 5.41) is 9.16. The van der Waals surface area contributed by atoms with Crippen LogP contribution >= 0.6 is 0 Å². The fourth-order valence-corrected chi connectivity index (χ4v) is 3.15. The molecule has 2 heterocycles. The second kappa shape index (κ2) is 5.13. The van der Waals surface area contributed by atoms with Crippen molar-refractivity contribution in [3.05, 3.63) is 12.4 Å². The maximum absolute atomic E-state index is 12.2. The summed E-state index contributed by atoms with van der Waals surface area (Å²) < 4.78 is 31.3. The number of nitrogens with zero attached hydrogens (tertiary/aromatic N) is 2. The molecule has 0 radical (unpaired) electrons. The molecule has 1 aromatic rings. The number of sulfonamides is 1. The van der Waals surface area contributed by atoms with E-state index in [1.165, 1.54) is 16.7 Å². The predicted octanol–water partition coefficient (Wildman–Crippen LogP) is -0.981. The molecule has 2 N–H and O–H groups in total. The molecule has 2 rings (SSSR count). The van der Waals surface area contributed by atoms with Gasteiger partial charge in [-0.25, -0.2) is 8.42 Å². The van der Waals surface area contributed by atoms with Crippen LogP contribution in [0, 0.1) is 0 Å². The zero-order valence-corrected chi connectivity index (χ0v) is 10.4. The maximum Gasteiger partial charge on any atom is 0.246 e. The van der Waals surface area contributed by atoms with Crippen molar-refractivity contribution in [2.45, 2.75) is 11.0 Å². The molecular weight excluding hydrogens is 244 g/mol. The standard InChI is InChI=1S/C9H16N4O3S/c1-10-4-8-7-13(2-3-16-8)17(14,15)9-5-11-12-6-9/h5-6,8,10H,2-4,7H2,1H3,(H,11,12). The highest BCUT2D eigenvalue weighted by Gasteiger charge is 2.30. The van der Waals surface area contributed by atoms with Gasteiger partial charge in [0.25, 0.3) is 0 Å². The highest BCUT2D eigenvalue weighted by Crippen LogP contribution is 2.17. The Morgan fingerprint density at radius 2 is 2.53 bits per heavy atom. The third-order valence-corrected chi connectivity index (χ3v) is 4.47. The van der Waals surface area contributed by atoms with Gasteiger partial charge in [-0.15, -0.1) is 0 Å². The van der Waals surface area contributed by atoms with Crippen LogP contribution in [0.2, 0.25) is 0 Å². The van der Waals surface area contributed by atoms with Crippen LogP contribution in [-0.4, -0.2) is 62.3 Å². The summed E-state index contributed by atoms with van der Waals surface area (Å²) in [4.78, 5) is 0.197. The Bertz CT molecular complexity index is 443. The molecule has 1 saturated heterocycles. The third kappa shape index (κ3) is 2.65. The smallest absolute Gasteiger partial charge is 0.246 e. The van der Waals surface area contributed by atoms with Crippen LogP contribution in [0.3, 0.4) is 0 Å². The Kier molecular flexibility index (Phi) is 3.77. The van der Waals surface area contributed by atoms with E-state index in [0.29, 0.717) is 26.2 Å². The molecule has 0 amide bonds. The van der Waals surface area contributed by atoms with E-state index in [1.54, 1.807) is 0 Å². The number of hydrogen-bond donors (Lipinski definition) is 2. The van der Waals surface area contributed by atoms with Gasteiger partial charge in [0.15, 0.2) is 0 Å². The highest BCUT2D eigenvalue weighted by molar-refractivity contribution is 7.89. The van der Waals surface area contributed by atoms with Crippen LogP contribution in [0.25, 0.3) is 0 Å². The molecule has 0 aromatic carbocycles.